The molecule has 0 radical (unpaired) electrons. The fourth-order valence-corrected chi connectivity index (χ4v) is 6.01. The van der Waals surface area contributed by atoms with Crippen LogP contribution in [0.1, 0.15) is 16.7 Å². The Labute approximate surface area is 276 Å². The molecule has 0 atom stereocenters. The Bertz CT molecular complexity index is 2150. The molecule has 0 heterocycles. The second-order valence-corrected chi connectivity index (χ2v) is 11.3. The molecule has 0 saturated heterocycles. The average Bonchev–Trinajstić information content (AvgIpc) is 3.14. The number of para-hydroxylation sites is 2. The Morgan fingerprint density at radius 2 is 0.787 bits per heavy atom. The molecule has 7 rings (SSSR count). The second kappa shape index (κ2) is 13.7. The van der Waals surface area contributed by atoms with Gasteiger partial charge in [0, 0.05) is 33.5 Å². The van der Waals surface area contributed by atoms with Crippen LogP contribution in [0.15, 0.2) is 176 Å². The summed E-state index contributed by atoms with van der Waals surface area (Å²) >= 11 is 0. The zero-order valence-corrected chi connectivity index (χ0v) is 25.9. The van der Waals surface area contributed by atoms with E-state index in [-0.39, 0.29) is 0 Å². The van der Waals surface area contributed by atoms with Crippen LogP contribution in [-0.2, 0) is 6.42 Å². The van der Waals surface area contributed by atoms with Gasteiger partial charge in [0.1, 0.15) is 0 Å². The lowest BCUT2D eigenvalue weighted by molar-refractivity contribution is 1.24. The fourth-order valence-electron chi connectivity index (χ4n) is 6.01. The summed E-state index contributed by atoms with van der Waals surface area (Å²) in [5, 5.41) is 11.5. The van der Waals surface area contributed by atoms with Crippen LogP contribution in [-0.4, -0.2) is 0 Å². The number of fused-ring (bicyclic) bond motifs is 1. The van der Waals surface area contributed by atoms with Crippen molar-refractivity contribution in [2.45, 2.75) is 6.42 Å². The van der Waals surface area contributed by atoms with Crippen LogP contribution in [0.4, 0.5) is 34.1 Å². The fraction of sp³-hybridized carbons (Fsp3) is 0.0227. The zero-order valence-electron chi connectivity index (χ0n) is 25.9. The first kappa shape index (κ1) is 29.3. The minimum atomic E-state index is 0.392. The lowest BCUT2D eigenvalue weighted by Gasteiger charge is -2.30. The van der Waals surface area contributed by atoms with E-state index in [9.17, 15) is 5.26 Å². The Morgan fingerprint density at radius 1 is 0.404 bits per heavy atom. The van der Waals surface area contributed by atoms with E-state index in [0.717, 1.165) is 56.0 Å². The van der Waals surface area contributed by atoms with Crippen molar-refractivity contribution in [3.63, 3.8) is 0 Å². The summed E-state index contributed by atoms with van der Waals surface area (Å²) < 4.78 is 0. The molecule has 3 heteroatoms. The van der Waals surface area contributed by atoms with E-state index >= 15 is 0 Å². The number of hydrogen-bond acceptors (Lipinski definition) is 3. The van der Waals surface area contributed by atoms with Gasteiger partial charge < -0.3 is 9.80 Å². The molecule has 0 aliphatic rings. The van der Waals surface area contributed by atoms with Gasteiger partial charge in [-0.2, -0.15) is 5.26 Å². The van der Waals surface area contributed by atoms with Gasteiger partial charge >= 0.3 is 0 Å². The lowest BCUT2D eigenvalue weighted by atomic mass is 10.0. The second-order valence-electron chi connectivity index (χ2n) is 11.3. The van der Waals surface area contributed by atoms with Crippen LogP contribution in [0, 0.1) is 11.3 Å². The number of anilines is 6. The highest BCUT2D eigenvalue weighted by atomic mass is 15.2. The molecule has 0 spiro atoms. The third-order valence-corrected chi connectivity index (χ3v) is 8.29. The highest BCUT2D eigenvalue weighted by Crippen LogP contribution is 2.45. The number of nitrogens with zero attached hydrogens (tertiary/aromatic N) is 3. The lowest BCUT2D eigenvalue weighted by Crippen LogP contribution is -2.13. The monoisotopic (exact) mass is 603 g/mol. The molecular weight excluding hydrogens is 571 g/mol. The summed E-state index contributed by atoms with van der Waals surface area (Å²) in [4.78, 5) is 4.63. The van der Waals surface area contributed by atoms with Gasteiger partial charge in [0.15, 0.2) is 0 Å². The highest BCUT2D eigenvalue weighted by molar-refractivity contribution is 6.07. The van der Waals surface area contributed by atoms with Gasteiger partial charge in [0.05, 0.1) is 23.9 Å². The van der Waals surface area contributed by atoms with Gasteiger partial charge in [0.25, 0.3) is 0 Å². The number of rotatable bonds is 9. The molecule has 7 aromatic carbocycles. The minimum Gasteiger partial charge on any atom is -0.310 e. The van der Waals surface area contributed by atoms with Crippen LogP contribution in [0.5, 0.6) is 0 Å². The molecular formula is C44H33N3. The molecule has 0 aliphatic carbocycles. The molecule has 0 N–H and O–H groups in total. The number of nitriles is 1. The van der Waals surface area contributed by atoms with Crippen molar-refractivity contribution in [3.8, 4) is 6.07 Å². The molecule has 0 fully saturated rings. The molecule has 0 amide bonds. The molecule has 0 aliphatic heterocycles. The van der Waals surface area contributed by atoms with E-state index in [1.54, 1.807) is 0 Å². The molecule has 47 heavy (non-hydrogen) atoms. The van der Waals surface area contributed by atoms with Crippen LogP contribution < -0.4 is 9.80 Å². The summed E-state index contributed by atoms with van der Waals surface area (Å²) in [6, 6.07) is 63.7. The van der Waals surface area contributed by atoms with Crippen molar-refractivity contribution < 1.29 is 0 Å². The first-order valence-electron chi connectivity index (χ1n) is 15.8. The van der Waals surface area contributed by atoms with E-state index < -0.39 is 0 Å². The third-order valence-electron chi connectivity index (χ3n) is 8.29. The minimum absolute atomic E-state index is 0.392. The van der Waals surface area contributed by atoms with Crippen molar-refractivity contribution in [3.05, 3.63) is 193 Å². The summed E-state index contributed by atoms with van der Waals surface area (Å²) in [6.07, 6.45) is 4.69. The van der Waals surface area contributed by atoms with Crippen LogP contribution in [0.3, 0.4) is 0 Å². The van der Waals surface area contributed by atoms with Gasteiger partial charge in [-0.15, -0.1) is 0 Å². The van der Waals surface area contributed by atoms with Crippen molar-refractivity contribution in [1.82, 2.24) is 0 Å². The van der Waals surface area contributed by atoms with Crippen molar-refractivity contribution >= 4 is 57.0 Å². The summed E-state index contributed by atoms with van der Waals surface area (Å²) in [7, 11) is 0. The third kappa shape index (κ3) is 6.40. The number of benzene rings is 7. The topological polar surface area (TPSA) is 30.3 Å². The molecule has 0 unspecified atom stereocenters. The number of hydrogen-bond donors (Lipinski definition) is 0. The van der Waals surface area contributed by atoms with E-state index in [1.165, 1.54) is 5.56 Å². The SMILES string of the molecule is N#CCc1ccc(N(c2ccccc2)c2ccc(N(c3ccccc3)c3ccc(C=Cc4ccccc4)cc3)c3ccccc23)cc1. The maximum absolute atomic E-state index is 9.22. The molecule has 224 valence electrons. The largest absolute Gasteiger partial charge is 0.310 e. The van der Waals surface area contributed by atoms with E-state index in [4.69, 9.17) is 0 Å². The quantitative estimate of drug-likeness (QED) is 0.154. The Kier molecular flexibility index (Phi) is 8.57. The molecule has 0 saturated carbocycles. The standard InChI is InChI=1S/C44H33N3/c45-33-32-36-24-28-40(29-25-36)47(38-16-8-3-9-17-38)44-31-30-43(41-18-10-11-19-42(41)44)46(37-14-6-2-7-15-37)39-26-22-35(23-27-39)21-20-34-12-4-1-5-13-34/h1-31H,32H2. The maximum Gasteiger partial charge on any atom is 0.0669 e. The van der Waals surface area contributed by atoms with Gasteiger partial charge in [-0.1, -0.05) is 127 Å². The Morgan fingerprint density at radius 3 is 1.26 bits per heavy atom. The van der Waals surface area contributed by atoms with E-state index in [2.05, 4.69) is 180 Å². The van der Waals surface area contributed by atoms with Crippen molar-refractivity contribution in [2.24, 2.45) is 0 Å². The maximum atomic E-state index is 9.22. The summed E-state index contributed by atoms with van der Waals surface area (Å²) in [5.74, 6) is 0. The first-order chi connectivity index (χ1) is 23.3. The van der Waals surface area contributed by atoms with E-state index in [0.29, 0.717) is 6.42 Å². The zero-order chi connectivity index (χ0) is 31.8. The van der Waals surface area contributed by atoms with Crippen LogP contribution in [0.2, 0.25) is 0 Å². The van der Waals surface area contributed by atoms with Crippen LogP contribution in [0.25, 0.3) is 22.9 Å². The molecule has 3 nitrogen and oxygen atoms in total. The van der Waals surface area contributed by atoms with Gasteiger partial charge in [-0.05, 0) is 77.4 Å². The summed E-state index contributed by atoms with van der Waals surface area (Å²) in [5.41, 5.74) is 9.78. The smallest absolute Gasteiger partial charge is 0.0669 e. The summed E-state index contributed by atoms with van der Waals surface area (Å²) in [6.45, 7) is 0. The molecule has 0 aromatic heterocycles. The van der Waals surface area contributed by atoms with E-state index in [1.807, 2.05) is 24.3 Å². The van der Waals surface area contributed by atoms with Crippen molar-refractivity contribution in [1.29, 1.82) is 5.26 Å². The average molecular weight is 604 g/mol. The molecule has 7 aromatic rings. The Hall–Kier alpha value is -6.37. The van der Waals surface area contributed by atoms with Gasteiger partial charge in [-0.25, -0.2) is 0 Å². The van der Waals surface area contributed by atoms with Gasteiger partial charge in [-0.3, -0.25) is 0 Å². The molecule has 0 bridgehead atoms. The first-order valence-corrected chi connectivity index (χ1v) is 15.8. The van der Waals surface area contributed by atoms with Crippen molar-refractivity contribution in [2.75, 3.05) is 9.80 Å². The predicted molar refractivity (Wildman–Crippen MR) is 198 cm³/mol. The van der Waals surface area contributed by atoms with Gasteiger partial charge in [0.2, 0.25) is 0 Å². The Balaban J connectivity index is 1.34. The normalized spacial score (nSPS) is 11.0. The predicted octanol–water partition coefficient (Wildman–Crippen LogP) is 12.0. The highest BCUT2D eigenvalue weighted by Gasteiger charge is 2.20. The van der Waals surface area contributed by atoms with Crippen LogP contribution >= 0.6 is 0 Å².